The fourth-order valence-electron chi connectivity index (χ4n) is 4.30. The van der Waals surface area contributed by atoms with Crippen LogP contribution in [0.3, 0.4) is 0 Å². The molecule has 0 unspecified atom stereocenters. The van der Waals surface area contributed by atoms with E-state index in [2.05, 4.69) is 17.0 Å². The number of amides is 2. The molecule has 160 valence electrons. The minimum absolute atomic E-state index is 0.0296. The molecule has 6 nitrogen and oxygen atoms in total. The Morgan fingerprint density at radius 2 is 1.80 bits per heavy atom. The van der Waals surface area contributed by atoms with E-state index in [-0.39, 0.29) is 17.7 Å². The number of methoxy groups -OCH3 is 1. The zero-order valence-corrected chi connectivity index (χ0v) is 18.7. The quantitative estimate of drug-likeness (QED) is 0.753. The summed E-state index contributed by atoms with van der Waals surface area (Å²) in [6, 6.07) is 10.1. The number of piperazine rings is 1. The first kappa shape index (κ1) is 20.7. The highest BCUT2D eigenvalue weighted by molar-refractivity contribution is 7.14. The first-order valence-electron chi connectivity index (χ1n) is 10.5. The van der Waals surface area contributed by atoms with Gasteiger partial charge in [0, 0.05) is 56.8 Å². The van der Waals surface area contributed by atoms with E-state index in [4.69, 9.17) is 4.74 Å². The smallest absolute Gasteiger partial charge is 0.263 e. The highest BCUT2D eigenvalue weighted by Gasteiger charge is 2.32. The molecule has 2 aromatic rings. The Morgan fingerprint density at radius 3 is 2.43 bits per heavy atom. The summed E-state index contributed by atoms with van der Waals surface area (Å²) in [4.78, 5) is 33.4. The Balaban J connectivity index is 1.35. The number of thiophene rings is 1. The maximum Gasteiger partial charge on any atom is 0.263 e. The van der Waals surface area contributed by atoms with Crippen LogP contribution in [0.4, 0.5) is 5.69 Å². The first-order valence-corrected chi connectivity index (χ1v) is 11.3. The van der Waals surface area contributed by atoms with Gasteiger partial charge in [0.25, 0.3) is 5.91 Å². The molecule has 1 aliphatic heterocycles. The van der Waals surface area contributed by atoms with Crippen molar-refractivity contribution in [2.24, 2.45) is 5.92 Å². The number of anilines is 1. The molecule has 1 atom stereocenters. The SMILES string of the molecule is COc1ccc(N2CCN(C(=O)[C@@H]3CCc4sc(C(=O)N(C)C)cc4C3)CC2)cc1. The largest absolute Gasteiger partial charge is 0.497 e. The van der Waals surface area contributed by atoms with Gasteiger partial charge in [-0.3, -0.25) is 9.59 Å². The summed E-state index contributed by atoms with van der Waals surface area (Å²) >= 11 is 1.59. The van der Waals surface area contributed by atoms with Gasteiger partial charge >= 0.3 is 0 Å². The van der Waals surface area contributed by atoms with Crippen LogP contribution in [0.15, 0.2) is 30.3 Å². The molecule has 1 fully saturated rings. The zero-order chi connectivity index (χ0) is 21.3. The van der Waals surface area contributed by atoms with Crippen LogP contribution in [0.25, 0.3) is 0 Å². The van der Waals surface area contributed by atoms with Crippen LogP contribution < -0.4 is 9.64 Å². The van der Waals surface area contributed by atoms with E-state index in [0.29, 0.717) is 0 Å². The van der Waals surface area contributed by atoms with Gasteiger partial charge in [-0.05, 0) is 55.2 Å². The van der Waals surface area contributed by atoms with Crippen LogP contribution in [0.1, 0.15) is 26.5 Å². The van der Waals surface area contributed by atoms with Crippen molar-refractivity contribution in [2.75, 3.05) is 52.3 Å². The summed E-state index contributed by atoms with van der Waals surface area (Å²) in [6.45, 7) is 3.19. The number of rotatable bonds is 4. The normalized spacial score (nSPS) is 18.7. The molecular formula is C23H29N3O3S. The van der Waals surface area contributed by atoms with Gasteiger partial charge in [-0.15, -0.1) is 11.3 Å². The van der Waals surface area contributed by atoms with E-state index in [9.17, 15) is 9.59 Å². The third-order valence-electron chi connectivity index (χ3n) is 6.08. The minimum atomic E-state index is 0.0296. The number of fused-ring (bicyclic) bond motifs is 1. The monoisotopic (exact) mass is 427 g/mol. The molecule has 4 rings (SSSR count). The average Bonchev–Trinajstić information content (AvgIpc) is 3.21. The molecule has 30 heavy (non-hydrogen) atoms. The van der Waals surface area contributed by atoms with Crippen LogP contribution in [-0.2, 0) is 17.6 Å². The lowest BCUT2D eigenvalue weighted by molar-refractivity contribution is -0.136. The Kier molecular flexibility index (Phi) is 5.99. The van der Waals surface area contributed by atoms with Crippen LogP contribution in [0.5, 0.6) is 5.75 Å². The molecule has 7 heteroatoms. The Morgan fingerprint density at radius 1 is 1.10 bits per heavy atom. The fraction of sp³-hybridized carbons (Fsp3) is 0.478. The summed E-state index contributed by atoms with van der Waals surface area (Å²) in [5.41, 5.74) is 2.35. The lowest BCUT2D eigenvalue weighted by atomic mass is 9.87. The lowest BCUT2D eigenvalue weighted by Gasteiger charge is -2.38. The van der Waals surface area contributed by atoms with Crippen molar-refractivity contribution < 1.29 is 14.3 Å². The molecule has 1 saturated heterocycles. The molecular weight excluding hydrogens is 398 g/mol. The number of carbonyl (C=O) groups excluding carboxylic acids is 2. The highest BCUT2D eigenvalue weighted by atomic mass is 32.1. The van der Waals surface area contributed by atoms with Crippen molar-refractivity contribution in [2.45, 2.75) is 19.3 Å². The average molecular weight is 428 g/mol. The van der Waals surface area contributed by atoms with Crippen LogP contribution in [-0.4, -0.2) is 69.0 Å². The molecule has 0 spiro atoms. The Labute approximate surface area is 182 Å². The molecule has 2 amide bonds. The number of nitrogens with zero attached hydrogens (tertiary/aromatic N) is 3. The van der Waals surface area contributed by atoms with Crippen LogP contribution in [0, 0.1) is 5.92 Å². The van der Waals surface area contributed by atoms with Crippen LogP contribution >= 0.6 is 11.3 Å². The number of benzene rings is 1. The summed E-state index contributed by atoms with van der Waals surface area (Å²) < 4.78 is 5.23. The van der Waals surface area contributed by atoms with Gasteiger partial charge in [0.2, 0.25) is 5.91 Å². The minimum Gasteiger partial charge on any atom is -0.497 e. The molecule has 1 aromatic carbocycles. The first-order chi connectivity index (χ1) is 14.5. The molecule has 0 N–H and O–H groups in total. The molecule has 1 aliphatic carbocycles. The summed E-state index contributed by atoms with van der Waals surface area (Å²) in [5, 5.41) is 0. The van der Waals surface area contributed by atoms with E-state index in [1.54, 1.807) is 37.4 Å². The maximum absolute atomic E-state index is 13.2. The lowest BCUT2D eigenvalue weighted by Crippen LogP contribution is -2.51. The second-order valence-electron chi connectivity index (χ2n) is 8.21. The van der Waals surface area contributed by atoms with Crippen LogP contribution in [0.2, 0.25) is 0 Å². The molecule has 1 aromatic heterocycles. The Hall–Kier alpha value is -2.54. The van der Waals surface area contributed by atoms with Crippen molar-refractivity contribution in [3.63, 3.8) is 0 Å². The third kappa shape index (κ3) is 4.17. The molecule has 0 saturated carbocycles. The highest BCUT2D eigenvalue weighted by Crippen LogP contribution is 2.34. The predicted molar refractivity (Wildman–Crippen MR) is 120 cm³/mol. The molecule has 0 radical (unpaired) electrons. The van der Waals surface area contributed by atoms with Gasteiger partial charge < -0.3 is 19.4 Å². The Bertz CT molecular complexity index is 914. The predicted octanol–water partition coefficient (Wildman–Crippen LogP) is 2.91. The number of ether oxygens (including phenoxy) is 1. The second kappa shape index (κ2) is 8.68. The van der Waals surface area contributed by atoms with Gasteiger partial charge in [0.15, 0.2) is 0 Å². The van der Waals surface area contributed by atoms with E-state index in [1.807, 2.05) is 23.1 Å². The molecule has 0 bridgehead atoms. The third-order valence-corrected chi connectivity index (χ3v) is 7.30. The number of hydrogen-bond acceptors (Lipinski definition) is 5. The van der Waals surface area contributed by atoms with Crippen molar-refractivity contribution in [1.29, 1.82) is 0 Å². The van der Waals surface area contributed by atoms with E-state index >= 15 is 0 Å². The summed E-state index contributed by atoms with van der Waals surface area (Å²) in [5.74, 6) is 1.20. The molecule has 2 aliphatic rings. The van der Waals surface area contributed by atoms with Crippen molar-refractivity contribution in [1.82, 2.24) is 9.80 Å². The summed E-state index contributed by atoms with van der Waals surface area (Å²) in [7, 11) is 5.22. The standard InChI is InChI=1S/C23H29N3O3S/c1-24(2)23(28)21-15-17-14-16(4-9-20(17)30-21)22(27)26-12-10-25(11-13-26)18-5-7-19(29-3)8-6-18/h5-8,15-16H,4,9-14H2,1-3H3/t16-/m1/s1. The fourth-order valence-corrected chi connectivity index (χ4v) is 5.53. The topological polar surface area (TPSA) is 53.1 Å². The number of hydrogen-bond donors (Lipinski definition) is 0. The van der Waals surface area contributed by atoms with Crippen molar-refractivity contribution in [3.8, 4) is 5.75 Å². The van der Waals surface area contributed by atoms with Gasteiger partial charge in [0.1, 0.15) is 5.75 Å². The van der Waals surface area contributed by atoms with E-state index in [1.165, 1.54) is 16.1 Å². The zero-order valence-electron chi connectivity index (χ0n) is 17.9. The number of carbonyl (C=O) groups is 2. The maximum atomic E-state index is 13.2. The van der Waals surface area contributed by atoms with Crippen molar-refractivity contribution in [3.05, 3.63) is 45.6 Å². The van der Waals surface area contributed by atoms with Gasteiger partial charge in [-0.2, -0.15) is 0 Å². The van der Waals surface area contributed by atoms with Gasteiger partial charge in [0.05, 0.1) is 12.0 Å². The van der Waals surface area contributed by atoms with Gasteiger partial charge in [-0.1, -0.05) is 0 Å². The van der Waals surface area contributed by atoms with Crippen molar-refractivity contribution >= 4 is 28.8 Å². The number of aryl methyl sites for hydroxylation is 1. The van der Waals surface area contributed by atoms with E-state index in [0.717, 1.165) is 56.1 Å². The van der Waals surface area contributed by atoms with E-state index < -0.39 is 0 Å². The molecule has 2 heterocycles. The second-order valence-corrected chi connectivity index (χ2v) is 9.35. The van der Waals surface area contributed by atoms with Gasteiger partial charge in [-0.25, -0.2) is 0 Å². The summed E-state index contributed by atoms with van der Waals surface area (Å²) in [6.07, 6.45) is 2.52.